The monoisotopic (exact) mass is 407 g/mol. The van der Waals surface area contributed by atoms with Crippen molar-refractivity contribution in [1.29, 1.82) is 0 Å². The third-order valence-corrected chi connectivity index (χ3v) is 7.05. The average Bonchev–Trinajstić information content (AvgIpc) is 3.24. The molecule has 148 valence electrons. The molecular formula is C22H21N3O3S. The predicted octanol–water partition coefficient (Wildman–Crippen LogP) is 3.41. The van der Waals surface area contributed by atoms with Gasteiger partial charge >= 0.3 is 0 Å². The lowest BCUT2D eigenvalue weighted by Crippen LogP contribution is -2.31. The lowest BCUT2D eigenvalue weighted by Gasteiger charge is -2.14. The van der Waals surface area contributed by atoms with Crippen molar-refractivity contribution < 1.29 is 9.59 Å². The van der Waals surface area contributed by atoms with E-state index in [1.54, 1.807) is 46.5 Å². The van der Waals surface area contributed by atoms with Crippen molar-refractivity contribution in [3.8, 4) is 0 Å². The molecule has 0 atom stereocenters. The Labute approximate surface area is 171 Å². The van der Waals surface area contributed by atoms with Crippen LogP contribution in [0.1, 0.15) is 56.8 Å². The van der Waals surface area contributed by atoms with E-state index in [1.165, 1.54) is 21.8 Å². The first-order valence-electron chi connectivity index (χ1n) is 10.1. The molecule has 3 aromatic rings. The summed E-state index contributed by atoms with van der Waals surface area (Å²) in [6.07, 6.45) is 7.32. The molecule has 0 saturated carbocycles. The molecule has 1 aliphatic carbocycles. The van der Waals surface area contributed by atoms with E-state index in [2.05, 4.69) is 4.98 Å². The van der Waals surface area contributed by atoms with Gasteiger partial charge in [0.25, 0.3) is 17.4 Å². The van der Waals surface area contributed by atoms with Crippen LogP contribution in [0.15, 0.2) is 35.4 Å². The van der Waals surface area contributed by atoms with Crippen LogP contribution in [0.3, 0.4) is 0 Å². The summed E-state index contributed by atoms with van der Waals surface area (Å²) in [4.78, 5) is 45.8. The van der Waals surface area contributed by atoms with E-state index in [9.17, 15) is 14.4 Å². The van der Waals surface area contributed by atoms with Gasteiger partial charge in [0.1, 0.15) is 4.83 Å². The highest BCUT2D eigenvalue weighted by Gasteiger charge is 2.34. The lowest BCUT2D eigenvalue weighted by molar-refractivity contribution is 0.0651. The molecule has 1 aromatic carbocycles. The summed E-state index contributed by atoms with van der Waals surface area (Å²) in [5, 5.41) is 0.799. The van der Waals surface area contributed by atoms with Gasteiger partial charge in [-0.3, -0.25) is 23.9 Å². The maximum Gasteiger partial charge on any atom is 0.262 e. The second kappa shape index (κ2) is 7.22. The van der Waals surface area contributed by atoms with Crippen molar-refractivity contribution in [1.82, 2.24) is 14.5 Å². The summed E-state index contributed by atoms with van der Waals surface area (Å²) in [6.45, 7) is 0.903. The molecule has 1 aliphatic heterocycles. The van der Waals surface area contributed by atoms with Crippen LogP contribution in [0.2, 0.25) is 0 Å². The van der Waals surface area contributed by atoms with E-state index >= 15 is 0 Å². The van der Waals surface area contributed by atoms with Gasteiger partial charge in [0.05, 0.1) is 22.8 Å². The van der Waals surface area contributed by atoms with Crippen molar-refractivity contribution >= 4 is 33.4 Å². The number of carbonyl (C=O) groups is 2. The van der Waals surface area contributed by atoms with Crippen molar-refractivity contribution in [2.45, 2.75) is 45.1 Å². The Hall–Kier alpha value is -2.80. The van der Waals surface area contributed by atoms with Gasteiger partial charge in [-0.15, -0.1) is 11.3 Å². The summed E-state index contributed by atoms with van der Waals surface area (Å²) < 4.78 is 1.67. The van der Waals surface area contributed by atoms with Crippen molar-refractivity contribution in [3.63, 3.8) is 0 Å². The normalized spacial score (nSPS) is 15.8. The highest BCUT2D eigenvalue weighted by Crippen LogP contribution is 2.33. The molecule has 29 heavy (non-hydrogen) atoms. The van der Waals surface area contributed by atoms with Crippen LogP contribution in [-0.2, 0) is 19.4 Å². The van der Waals surface area contributed by atoms with Crippen LogP contribution >= 0.6 is 11.3 Å². The molecule has 0 unspecified atom stereocenters. The molecule has 0 spiro atoms. The summed E-state index contributed by atoms with van der Waals surface area (Å²) >= 11 is 1.66. The number of rotatable bonds is 5. The van der Waals surface area contributed by atoms with Crippen LogP contribution in [0.25, 0.3) is 10.2 Å². The van der Waals surface area contributed by atoms with Gasteiger partial charge in [-0.25, -0.2) is 4.98 Å². The van der Waals surface area contributed by atoms with Gasteiger partial charge in [0.2, 0.25) is 0 Å². The predicted molar refractivity (Wildman–Crippen MR) is 112 cm³/mol. The highest BCUT2D eigenvalue weighted by atomic mass is 32.1. The average molecular weight is 407 g/mol. The Morgan fingerprint density at radius 2 is 1.62 bits per heavy atom. The number of aryl methyl sites for hydroxylation is 3. The zero-order valence-corrected chi connectivity index (χ0v) is 16.8. The van der Waals surface area contributed by atoms with Gasteiger partial charge in [-0.2, -0.15) is 0 Å². The number of hydrogen-bond acceptors (Lipinski definition) is 5. The van der Waals surface area contributed by atoms with E-state index in [0.29, 0.717) is 37.1 Å². The zero-order chi connectivity index (χ0) is 20.0. The largest absolute Gasteiger partial charge is 0.299 e. The Bertz CT molecular complexity index is 1160. The van der Waals surface area contributed by atoms with E-state index in [0.717, 1.165) is 29.5 Å². The SMILES string of the molecule is O=C1c2ccccc2C(=O)N1CCCCn1cnc2sc3c(c2c1=O)CCCC3. The van der Waals surface area contributed by atoms with E-state index < -0.39 is 0 Å². The van der Waals surface area contributed by atoms with Gasteiger partial charge in [0, 0.05) is 18.0 Å². The Morgan fingerprint density at radius 1 is 0.931 bits per heavy atom. The number of aromatic nitrogens is 2. The molecule has 5 rings (SSSR count). The molecule has 7 heteroatoms. The molecule has 6 nitrogen and oxygen atoms in total. The number of hydrogen-bond donors (Lipinski definition) is 0. The molecular weight excluding hydrogens is 386 g/mol. The number of nitrogens with zero attached hydrogens (tertiary/aromatic N) is 3. The number of amides is 2. The van der Waals surface area contributed by atoms with Gasteiger partial charge in [-0.1, -0.05) is 12.1 Å². The maximum absolute atomic E-state index is 13.0. The van der Waals surface area contributed by atoms with E-state index in [-0.39, 0.29) is 17.4 Å². The Kier molecular flexibility index (Phi) is 4.54. The van der Waals surface area contributed by atoms with Crippen LogP contribution in [0.5, 0.6) is 0 Å². The molecule has 0 bridgehead atoms. The first-order chi connectivity index (χ1) is 14.1. The lowest BCUT2D eigenvalue weighted by atomic mass is 9.97. The van der Waals surface area contributed by atoms with Crippen molar-refractivity contribution in [2.75, 3.05) is 6.54 Å². The number of thiophene rings is 1. The third kappa shape index (κ3) is 3.00. The third-order valence-electron chi connectivity index (χ3n) is 5.85. The summed E-state index contributed by atoms with van der Waals surface area (Å²) in [5.74, 6) is -0.452. The summed E-state index contributed by atoms with van der Waals surface area (Å²) in [5.41, 5.74) is 2.19. The molecule has 0 radical (unpaired) electrons. The fraction of sp³-hybridized carbons (Fsp3) is 0.364. The smallest absolute Gasteiger partial charge is 0.262 e. The fourth-order valence-electron chi connectivity index (χ4n) is 4.33. The second-order valence-corrected chi connectivity index (χ2v) is 8.73. The quantitative estimate of drug-likeness (QED) is 0.480. The first kappa shape index (κ1) is 18.2. The van der Waals surface area contributed by atoms with Gasteiger partial charge < -0.3 is 0 Å². The molecule has 2 aromatic heterocycles. The topological polar surface area (TPSA) is 72.3 Å². The van der Waals surface area contributed by atoms with Crippen LogP contribution < -0.4 is 5.56 Å². The van der Waals surface area contributed by atoms with Crippen LogP contribution in [0, 0.1) is 0 Å². The molecule has 0 N–H and O–H groups in total. The van der Waals surface area contributed by atoms with E-state index in [4.69, 9.17) is 0 Å². The maximum atomic E-state index is 13.0. The number of fused-ring (bicyclic) bond motifs is 4. The fourth-order valence-corrected chi connectivity index (χ4v) is 5.55. The number of imide groups is 1. The number of unbranched alkanes of at least 4 members (excludes halogenated alkanes) is 1. The standard InChI is InChI=1S/C22H21N3O3S/c26-20-14-7-1-2-8-15(14)21(27)25(20)12-6-5-11-24-13-23-19-18(22(24)28)16-9-3-4-10-17(16)29-19/h1-2,7-8,13H,3-6,9-12H2. The number of benzene rings is 1. The van der Waals surface area contributed by atoms with Crippen LogP contribution in [0.4, 0.5) is 0 Å². The minimum Gasteiger partial charge on any atom is -0.299 e. The second-order valence-electron chi connectivity index (χ2n) is 7.65. The highest BCUT2D eigenvalue weighted by molar-refractivity contribution is 7.18. The van der Waals surface area contributed by atoms with Crippen molar-refractivity contribution in [3.05, 3.63) is 62.5 Å². The summed E-state index contributed by atoms with van der Waals surface area (Å²) in [7, 11) is 0. The molecule has 0 saturated heterocycles. The van der Waals surface area contributed by atoms with Crippen LogP contribution in [-0.4, -0.2) is 32.8 Å². The Morgan fingerprint density at radius 3 is 2.38 bits per heavy atom. The minimum absolute atomic E-state index is 0.0372. The number of carbonyl (C=O) groups excluding carboxylic acids is 2. The van der Waals surface area contributed by atoms with Crippen molar-refractivity contribution in [2.24, 2.45) is 0 Å². The van der Waals surface area contributed by atoms with Gasteiger partial charge in [-0.05, 0) is 56.2 Å². The first-order valence-corrected chi connectivity index (χ1v) is 10.9. The molecule has 2 aliphatic rings. The summed E-state index contributed by atoms with van der Waals surface area (Å²) in [6, 6.07) is 6.92. The van der Waals surface area contributed by atoms with Gasteiger partial charge in [0.15, 0.2) is 0 Å². The zero-order valence-electron chi connectivity index (χ0n) is 16.0. The molecule has 2 amide bonds. The molecule has 3 heterocycles. The van der Waals surface area contributed by atoms with E-state index in [1.807, 2.05) is 0 Å². The molecule has 0 fully saturated rings. The minimum atomic E-state index is -0.226. The Balaban J connectivity index is 1.26.